The van der Waals surface area contributed by atoms with Crippen LogP contribution in [0.25, 0.3) is 0 Å². The molecular weight excluding hydrogens is 206 g/mol. The summed E-state index contributed by atoms with van der Waals surface area (Å²) in [6, 6.07) is 5.43. The molecule has 0 unspecified atom stereocenters. The van der Waals surface area contributed by atoms with Gasteiger partial charge in [0.15, 0.2) is 5.84 Å². The Morgan fingerprint density at radius 2 is 2.12 bits per heavy atom. The third-order valence-electron chi connectivity index (χ3n) is 2.33. The van der Waals surface area contributed by atoms with Gasteiger partial charge in [0.2, 0.25) is 0 Å². The van der Waals surface area contributed by atoms with Crippen molar-refractivity contribution < 1.29 is 10.0 Å². The van der Waals surface area contributed by atoms with Crippen molar-refractivity contribution in [3.05, 3.63) is 34.9 Å². The SMILES string of the molecule is Cc1ccc(C(=O)NC/C(N)=N/O)cc1C. The zero-order valence-electron chi connectivity index (χ0n) is 9.32. The van der Waals surface area contributed by atoms with E-state index in [2.05, 4.69) is 10.5 Å². The maximum atomic E-state index is 11.6. The van der Waals surface area contributed by atoms with E-state index in [1.54, 1.807) is 12.1 Å². The van der Waals surface area contributed by atoms with Gasteiger partial charge in [0, 0.05) is 5.56 Å². The summed E-state index contributed by atoms with van der Waals surface area (Å²) in [7, 11) is 0. The molecule has 1 rings (SSSR count). The molecule has 0 radical (unpaired) electrons. The van der Waals surface area contributed by atoms with Crippen LogP contribution < -0.4 is 11.1 Å². The Morgan fingerprint density at radius 1 is 1.44 bits per heavy atom. The van der Waals surface area contributed by atoms with E-state index in [-0.39, 0.29) is 18.3 Å². The molecule has 0 aliphatic heterocycles. The summed E-state index contributed by atoms with van der Waals surface area (Å²) in [4.78, 5) is 11.6. The number of nitrogens with two attached hydrogens (primary N) is 1. The van der Waals surface area contributed by atoms with Crippen LogP contribution in [-0.4, -0.2) is 23.5 Å². The second kappa shape index (κ2) is 5.16. The molecule has 0 aliphatic carbocycles. The monoisotopic (exact) mass is 221 g/mol. The number of carbonyl (C=O) groups excluding carboxylic acids is 1. The molecule has 0 bridgehead atoms. The first-order chi connectivity index (χ1) is 7.54. The second-order valence-electron chi connectivity index (χ2n) is 3.57. The summed E-state index contributed by atoms with van der Waals surface area (Å²) in [5, 5.41) is 13.6. The third kappa shape index (κ3) is 2.98. The lowest BCUT2D eigenvalue weighted by atomic mass is 10.1. The summed E-state index contributed by atoms with van der Waals surface area (Å²) >= 11 is 0. The number of hydrogen-bond donors (Lipinski definition) is 3. The zero-order chi connectivity index (χ0) is 12.1. The summed E-state index contributed by atoms with van der Waals surface area (Å²) in [6.45, 7) is 3.95. The van der Waals surface area contributed by atoms with E-state index < -0.39 is 0 Å². The molecule has 0 fully saturated rings. The third-order valence-corrected chi connectivity index (χ3v) is 2.33. The summed E-state index contributed by atoms with van der Waals surface area (Å²) in [5.74, 6) is -0.271. The first-order valence-corrected chi connectivity index (χ1v) is 4.86. The molecule has 4 N–H and O–H groups in total. The zero-order valence-corrected chi connectivity index (χ0v) is 9.32. The van der Waals surface area contributed by atoms with Gasteiger partial charge in [0.1, 0.15) is 0 Å². The Bertz CT molecular complexity index is 427. The fraction of sp³-hybridized carbons (Fsp3) is 0.273. The van der Waals surface area contributed by atoms with Gasteiger partial charge in [0.05, 0.1) is 6.54 Å². The molecule has 0 aliphatic rings. The van der Waals surface area contributed by atoms with Gasteiger partial charge in [0.25, 0.3) is 5.91 Å². The number of amides is 1. The molecule has 0 spiro atoms. The number of carbonyl (C=O) groups is 1. The quantitative estimate of drug-likeness (QED) is 0.305. The number of hydrogen-bond acceptors (Lipinski definition) is 3. The highest BCUT2D eigenvalue weighted by molar-refractivity contribution is 5.97. The molecule has 1 amide bonds. The predicted molar refractivity (Wildman–Crippen MR) is 61.7 cm³/mol. The van der Waals surface area contributed by atoms with Crippen molar-refractivity contribution in [1.82, 2.24) is 5.32 Å². The summed E-state index contributed by atoms with van der Waals surface area (Å²) < 4.78 is 0. The predicted octanol–water partition coefficient (Wildman–Crippen LogP) is 0.780. The Morgan fingerprint density at radius 3 is 2.69 bits per heavy atom. The first-order valence-electron chi connectivity index (χ1n) is 4.86. The van der Waals surface area contributed by atoms with Gasteiger partial charge in [-0.2, -0.15) is 0 Å². The number of rotatable bonds is 3. The molecule has 0 saturated heterocycles. The van der Waals surface area contributed by atoms with Crippen molar-refractivity contribution in [3.8, 4) is 0 Å². The fourth-order valence-corrected chi connectivity index (χ4v) is 1.19. The average Bonchev–Trinajstić information content (AvgIpc) is 2.29. The van der Waals surface area contributed by atoms with Crippen LogP contribution in [0, 0.1) is 13.8 Å². The van der Waals surface area contributed by atoms with Crippen molar-refractivity contribution in [2.24, 2.45) is 10.9 Å². The normalized spacial score (nSPS) is 11.2. The highest BCUT2D eigenvalue weighted by atomic mass is 16.4. The van der Waals surface area contributed by atoms with E-state index in [0.29, 0.717) is 5.56 Å². The lowest BCUT2D eigenvalue weighted by Crippen LogP contribution is -2.33. The van der Waals surface area contributed by atoms with Crippen LogP contribution in [0.4, 0.5) is 0 Å². The summed E-state index contributed by atoms with van der Waals surface area (Å²) in [5.41, 5.74) is 7.99. The minimum absolute atomic E-state index is 0.0300. The Balaban J connectivity index is 2.70. The number of nitrogens with zero attached hydrogens (tertiary/aromatic N) is 1. The van der Waals surface area contributed by atoms with Crippen LogP contribution >= 0.6 is 0 Å². The fourth-order valence-electron chi connectivity index (χ4n) is 1.19. The Hall–Kier alpha value is -2.04. The van der Waals surface area contributed by atoms with Crippen molar-refractivity contribution in [2.75, 3.05) is 6.54 Å². The highest BCUT2D eigenvalue weighted by Crippen LogP contribution is 2.09. The van der Waals surface area contributed by atoms with Crippen LogP contribution in [-0.2, 0) is 0 Å². The topological polar surface area (TPSA) is 87.7 Å². The molecule has 1 aromatic carbocycles. The van der Waals surface area contributed by atoms with Gasteiger partial charge in [-0.15, -0.1) is 0 Å². The van der Waals surface area contributed by atoms with Crippen LogP contribution in [0.5, 0.6) is 0 Å². The van der Waals surface area contributed by atoms with Gasteiger partial charge in [-0.1, -0.05) is 11.2 Å². The Kier molecular flexibility index (Phi) is 3.88. The molecule has 0 heterocycles. The van der Waals surface area contributed by atoms with Gasteiger partial charge in [-0.05, 0) is 37.1 Å². The van der Waals surface area contributed by atoms with E-state index in [4.69, 9.17) is 10.9 Å². The molecule has 0 aromatic heterocycles. The van der Waals surface area contributed by atoms with Crippen molar-refractivity contribution in [1.29, 1.82) is 0 Å². The lowest BCUT2D eigenvalue weighted by molar-refractivity contribution is 0.0959. The van der Waals surface area contributed by atoms with E-state index in [0.717, 1.165) is 11.1 Å². The van der Waals surface area contributed by atoms with Crippen LogP contribution in [0.2, 0.25) is 0 Å². The van der Waals surface area contributed by atoms with E-state index in [1.807, 2.05) is 19.9 Å². The van der Waals surface area contributed by atoms with Crippen LogP contribution in [0.3, 0.4) is 0 Å². The average molecular weight is 221 g/mol. The molecule has 0 saturated carbocycles. The van der Waals surface area contributed by atoms with Gasteiger partial charge >= 0.3 is 0 Å². The standard InChI is InChI=1S/C11H15N3O2/c1-7-3-4-9(5-8(7)2)11(15)13-6-10(12)14-16/h3-5,16H,6H2,1-2H3,(H2,12,14)(H,13,15). The number of amidine groups is 1. The van der Waals surface area contributed by atoms with Gasteiger partial charge in [-0.25, -0.2) is 0 Å². The first kappa shape index (κ1) is 12.0. The van der Waals surface area contributed by atoms with Gasteiger partial charge < -0.3 is 16.3 Å². The number of oxime groups is 1. The van der Waals surface area contributed by atoms with Crippen molar-refractivity contribution in [2.45, 2.75) is 13.8 Å². The van der Waals surface area contributed by atoms with E-state index in [1.165, 1.54) is 0 Å². The maximum Gasteiger partial charge on any atom is 0.251 e. The highest BCUT2D eigenvalue weighted by Gasteiger charge is 2.06. The summed E-state index contributed by atoms with van der Waals surface area (Å²) in [6.07, 6.45) is 0. The maximum absolute atomic E-state index is 11.6. The number of aryl methyl sites for hydroxylation is 2. The molecule has 86 valence electrons. The smallest absolute Gasteiger partial charge is 0.251 e. The van der Waals surface area contributed by atoms with Crippen molar-refractivity contribution in [3.63, 3.8) is 0 Å². The second-order valence-corrected chi connectivity index (χ2v) is 3.57. The molecule has 1 aromatic rings. The van der Waals surface area contributed by atoms with E-state index >= 15 is 0 Å². The molecule has 16 heavy (non-hydrogen) atoms. The van der Waals surface area contributed by atoms with E-state index in [9.17, 15) is 4.79 Å². The van der Waals surface area contributed by atoms with Crippen LogP contribution in [0.1, 0.15) is 21.5 Å². The minimum atomic E-state index is -0.241. The molecular formula is C11H15N3O2. The molecule has 5 heteroatoms. The lowest BCUT2D eigenvalue weighted by Gasteiger charge is -2.06. The number of nitrogens with one attached hydrogen (secondary N) is 1. The largest absolute Gasteiger partial charge is 0.409 e. The number of benzene rings is 1. The minimum Gasteiger partial charge on any atom is -0.409 e. The molecule has 0 atom stereocenters. The van der Waals surface area contributed by atoms with Crippen LogP contribution in [0.15, 0.2) is 23.4 Å². The Labute approximate surface area is 94.0 Å². The molecule has 5 nitrogen and oxygen atoms in total. The van der Waals surface area contributed by atoms with Gasteiger partial charge in [-0.3, -0.25) is 4.79 Å². The van der Waals surface area contributed by atoms with Crippen molar-refractivity contribution >= 4 is 11.7 Å².